The molecule has 1 aliphatic rings. The summed E-state index contributed by atoms with van der Waals surface area (Å²) in [5, 5.41) is 22.3. The topological polar surface area (TPSA) is 90.0 Å². The molecule has 4 N–H and O–H groups in total. The number of aliphatic hydroxyl groups is 1. The number of aliphatic hydroxyl groups excluding tert-OH is 1. The van der Waals surface area contributed by atoms with Gasteiger partial charge in [-0.3, -0.25) is 5.10 Å². The second kappa shape index (κ2) is 6.78. The van der Waals surface area contributed by atoms with Gasteiger partial charge < -0.3 is 15.7 Å². The van der Waals surface area contributed by atoms with Crippen molar-refractivity contribution >= 4 is 6.03 Å². The fraction of sp³-hybridized carbons (Fsp3) is 0.375. The Labute approximate surface area is 133 Å². The summed E-state index contributed by atoms with van der Waals surface area (Å²) in [6, 6.07) is 5.63. The SMILES string of the molecule is O=C(NCC(O)c1ccccc1F)NC1CCc2cn[nH]c2C1. The van der Waals surface area contributed by atoms with Crippen LogP contribution in [-0.2, 0) is 12.8 Å². The molecule has 0 saturated heterocycles. The van der Waals surface area contributed by atoms with Gasteiger partial charge in [0, 0.05) is 30.3 Å². The number of carbonyl (C=O) groups excluding carboxylic acids is 1. The number of aryl methyl sites for hydroxylation is 1. The molecule has 0 spiro atoms. The van der Waals surface area contributed by atoms with Crippen LogP contribution in [0.5, 0.6) is 0 Å². The molecule has 3 rings (SSSR count). The first-order chi connectivity index (χ1) is 11.1. The normalized spacial score (nSPS) is 18.1. The fourth-order valence-corrected chi connectivity index (χ4v) is 2.81. The Morgan fingerprint density at radius 2 is 2.30 bits per heavy atom. The molecule has 1 aromatic heterocycles. The number of hydrogen-bond acceptors (Lipinski definition) is 3. The minimum Gasteiger partial charge on any atom is -0.386 e. The Kier molecular flexibility index (Phi) is 4.57. The van der Waals surface area contributed by atoms with Crippen molar-refractivity contribution in [3.8, 4) is 0 Å². The average molecular weight is 318 g/mol. The van der Waals surface area contributed by atoms with Gasteiger partial charge in [0.2, 0.25) is 0 Å². The van der Waals surface area contributed by atoms with Crippen molar-refractivity contribution in [2.45, 2.75) is 31.4 Å². The van der Waals surface area contributed by atoms with Crippen molar-refractivity contribution in [2.24, 2.45) is 0 Å². The lowest BCUT2D eigenvalue weighted by atomic mass is 9.94. The third-order valence-electron chi connectivity index (χ3n) is 4.08. The molecule has 0 aliphatic heterocycles. The number of urea groups is 1. The molecule has 0 bridgehead atoms. The zero-order valence-corrected chi connectivity index (χ0v) is 12.6. The molecule has 0 radical (unpaired) electrons. The number of carbonyl (C=O) groups is 1. The van der Waals surface area contributed by atoms with Crippen LogP contribution in [0.4, 0.5) is 9.18 Å². The lowest BCUT2D eigenvalue weighted by Gasteiger charge is -2.23. The summed E-state index contributed by atoms with van der Waals surface area (Å²) in [7, 11) is 0. The van der Waals surface area contributed by atoms with Crippen LogP contribution in [0.1, 0.15) is 29.3 Å². The summed E-state index contributed by atoms with van der Waals surface area (Å²) in [5.74, 6) is -0.485. The van der Waals surface area contributed by atoms with E-state index in [1.165, 1.54) is 17.7 Å². The Hall–Kier alpha value is -2.41. The summed E-state index contributed by atoms with van der Waals surface area (Å²) >= 11 is 0. The molecule has 2 atom stereocenters. The van der Waals surface area contributed by atoms with Gasteiger partial charge in [-0.05, 0) is 24.5 Å². The van der Waals surface area contributed by atoms with Crippen LogP contribution < -0.4 is 10.6 Å². The van der Waals surface area contributed by atoms with E-state index >= 15 is 0 Å². The summed E-state index contributed by atoms with van der Waals surface area (Å²) in [6.07, 6.45) is 3.16. The zero-order chi connectivity index (χ0) is 16.2. The number of halogens is 1. The number of rotatable bonds is 4. The van der Waals surface area contributed by atoms with Crippen molar-refractivity contribution < 1.29 is 14.3 Å². The van der Waals surface area contributed by atoms with E-state index in [1.807, 2.05) is 6.20 Å². The van der Waals surface area contributed by atoms with Gasteiger partial charge in [0.1, 0.15) is 5.82 Å². The second-order valence-electron chi connectivity index (χ2n) is 5.71. The molecule has 0 fully saturated rings. The number of benzene rings is 1. The molecular formula is C16H19FN4O2. The second-order valence-corrected chi connectivity index (χ2v) is 5.71. The largest absolute Gasteiger partial charge is 0.386 e. The van der Waals surface area contributed by atoms with Crippen LogP contribution in [0.2, 0.25) is 0 Å². The van der Waals surface area contributed by atoms with Gasteiger partial charge in [-0.25, -0.2) is 9.18 Å². The Balaban J connectivity index is 1.48. The summed E-state index contributed by atoms with van der Waals surface area (Å²) in [5.41, 5.74) is 2.42. The van der Waals surface area contributed by atoms with Crippen molar-refractivity contribution in [1.29, 1.82) is 0 Å². The molecule has 2 unspecified atom stereocenters. The first kappa shape index (κ1) is 15.5. The van der Waals surface area contributed by atoms with E-state index in [2.05, 4.69) is 20.8 Å². The molecule has 1 aliphatic carbocycles. The number of amides is 2. The number of fused-ring (bicyclic) bond motifs is 1. The third-order valence-corrected chi connectivity index (χ3v) is 4.08. The number of nitrogens with one attached hydrogen (secondary N) is 3. The third kappa shape index (κ3) is 3.68. The molecule has 1 aromatic carbocycles. The fourth-order valence-electron chi connectivity index (χ4n) is 2.81. The molecule has 6 nitrogen and oxygen atoms in total. The predicted octanol–water partition coefficient (Wildman–Crippen LogP) is 1.44. The molecule has 1 heterocycles. The van der Waals surface area contributed by atoms with Crippen LogP contribution in [0.15, 0.2) is 30.5 Å². The standard InChI is InChI=1S/C16H19FN4O2/c17-13-4-2-1-3-12(13)15(22)9-18-16(23)20-11-6-5-10-8-19-21-14(10)7-11/h1-4,8,11,15,22H,5-7,9H2,(H,19,21)(H2,18,20,23). The van der Waals surface area contributed by atoms with Crippen molar-refractivity contribution in [1.82, 2.24) is 20.8 Å². The van der Waals surface area contributed by atoms with Crippen molar-refractivity contribution in [3.05, 3.63) is 53.1 Å². The Bertz CT molecular complexity index is 688. The molecule has 2 aromatic rings. The molecule has 122 valence electrons. The van der Waals surface area contributed by atoms with E-state index in [9.17, 15) is 14.3 Å². The molecule has 0 saturated carbocycles. The highest BCUT2D eigenvalue weighted by atomic mass is 19.1. The number of hydrogen-bond donors (Lipinski definition) is 4. The van der Waals surface area contributed by atoms with E-state index in [1.54, 1.807) is 12.1 Å². The van der Waals surface area contributed by atoms with Crippen LogP contribution in [-0.4, -0.2) is 33.9 Å². The van der Waals surface area contributed by atoms with Gasteiger partial charge in [0.25, 0.3) is 0 Å². The predicted molar refractivity (Wildman–Crippen MR) is 82.3 cm³/mol. The summed E-state index contributed by atoms with van der Waals surface area (Å²) in [6.45, 7) is -0.0468. The lowest BCUT2D eigenvalue weighted by Crippen LogP contribution is -2.45. The quantitative estimate of drug-likeness (QED) is 0.687. The molecule has 7 heteroatoms. The maximum atomic E-state index is 13.5. The van der Waals surface area contributed by atoms with Crippen molar-refractivity contribution in [2.75, 3.05) is 6.54 Å². The summed E-state index contributed by atoms with van der Waals surface area (Å²) < 4.78 is 13.5. The lowest BCUT2D eigenvalue weighted by molar-refractivity contribution is 0.168. The van der Waals surface area contributed by atoms with Gasteiger partial charge in [-0.2, -0.15) is 5.10 Å². The van der Waals surface area contributed by atoms with E-state index < -0.39 is 11.9 Å². The molecule has 2 amide bonds. The van der Waals surface area contributed by atoms with Gasteiger partial charge in [-0.15, -0.1) is 0 Å². The smallest absolute Gasteiger partial charge is 0.315 e. The van der Waals surface area contributed by atoms with Gasteiger partial charge in [0.05, 0.1) is 12.3 Å². The number of aromatic nitrogens is 2. The van der Waals surface area contributed by atoms with Crippen LogP contribution in [0.3, 0.4) is 0 Å². The highest BCUT2D eigenvalue weighted by Gasteiger charge is 2.22. The van der Waals surface area contributed by atoms with E-state index in [0.29, 0.717) is 6.42 Å². The van der Waals surface area contributed by atoms with E-state index in [4.69, 9.17) is 0 Å². The molecule has 23 heavy (non-hydrogen) atoms. The monoisotopic (exact) mass is 318 g/mol. The average Bonchev–Trinajstić information content (AvgIpc) is 3.01. The zero-order valence-electron chi connectivity index (χ0n) is 12.6. The summed E-state index contributed by atoms with van der Waals surface area (Å²) in [4.78, 5) is 11.9. The van der Waals surface area contributed by atoms with Gasteiger partial charge in [0.15, 0.2) is 0 Å². The van der Waals surface area contributed by atoms with Crippen molar-refractivity contribution in [3.63, 3.8) is 0 Å². The molecular weight excluding hydrogens is 299 g/mol. The Morgan fingerprint density at radius 3 is 3.13 bits per heavy atom. The Morgan fingerprint density at radius 1 is 1.48 bits per heavy atom. The number of H-pyrrole nitrogens is 1. The maximum absolute atomic E-state index is 13.5. The highest BCUT2D eigenvalue weighted by molar-refractivity contribution is 5.74. The van der Waals surface area contributed by atoms with Crippen LogP contribution >= 0.6 is 0 Å². The first-order valence-corrected chi connectivity index (χ1v) is 7.61. The van der Waals surface area contributed by atoms with Crippen LogP contribution in [0, 0.1) is 5.82 Å². The number of aromatic amines is 1. The van der Waals surface area contributed by atoms with E-state index in [-0.39, 0.29) is 24.2 Å². The van der Waals surface area contributed by atoms with Gasteiger partial charge in [-0.1, -0.05) is 18.2 Å². The van der Waals surface area contributed by atoms with Gasteiger partial charge >= 0.3 is 6.03 Å². The number of nitrogens with zero attached hydrogens (tertiary/aromatic N) is 1. The highest BCUT2D eigenvalue weighted by Crippen LogP contribution is 2.19. The van der Waals surface area contributed by atoms with Crippen LogP contribution in [0.25, 0.3) is 0 Å². The maximum Gasteiger partial charge on any atom is 0.315 e. The minimum atomic E-state index is -1.08. The minimum absolute atomic E-state index is 0.0218. The van der Waals surface area contributed by atoms with E-state index in [0.717, 1.165) is 18.5 Å². The first-order valence-electron chi connectivity index (χ1n) is 7.61.